The SMILES string of the molecule is CCCn1ccnc1CN1C[C@H]2CC[C@@H](Oc3cccnc3)[C@H]2C1.O=CO. The van der Waals surface area contributed by atoms with E-state index in [0.717, 1.165) is 37.7 Å². The lowest BCUT2D eigenvalue weighted by atomic mass is 9.99. The number of fused-ring (bicyclic) bond motifs is 1. The molecule has 2 aromatic heterocycles. The van der Waals surface area contributed by atoms with Gasteiger partial charge >= 0.3 is 0 Å². The second-order valence-corrected chi connectivity index (χ2v) is 7.18. The molecular weight excluding hydrogens is 344 g/mol. The summed E-state index contributed by atoms with van der Waals surface area (Å²) in [6.45, 7) is 6.28. The van der Waals surface area contributed by atoms with E-state index in [4.69, 9.17) is 14.6 Å². The fourth-order valence-corrected chi connectivity index (χ4v) is 4.31. The third-order valence-corrected chi connectivity index (χ3v) is 5.42. The second-order valence-electron chi connectivity index (χ2n) is 7.18. The number of nitrogens with zero attached hydrogens (tertiary/aromatic N) is 4. The van der Waals surface area contributed by atoms with Gasteiger partial charge in [-0.05, 0) is 37.3 Å². The Hall–Kier alpha value is -2.41. The smallest absolute Gasteiger partial charge is 0.290 e. The highest BCUT2D eigenvalue weighted by Gasteiger charge is 2.44. The fraction of sp³-hybridized carbons (Fsp3) is 0.550. The molecule has 146 valence electrons. The van der Waals surface area contributed by atoms with E-state index in [0.29, 0.717) is 12.0 Å². The average Bonchev–Trinajstić information content (AvgIpc) is 3.36. The number of imidazole rings is 1. The molecule has 1 aliphatic carbocycles. The molecule has 1 N–H and O–H groups in total. The topological polar surface area (TPSA) is 80.5 Å². The Kier molecular flexibility index (Phi) is 6.81. The third-order valence-electron chi connectivity index (χ3n) is 5.42. The predicted octanol–water partition coefficient (Wildman–Crippen LogP) is 2.68. The molecule has 0 bridgehead atoms. The van der Waals surface area contributed by atoms with E-state index in [-0.39, 0.29) is 6.47 Å². The van der Waals surface area contributed by atoms with Gasteiger partial charge in [0.25, 0.3) is 6.47 Å². The van der Waals surface area contributed by atoms with Crippen LogP contribution in [-0.2, 0) is 17.9 Å². The average molecular weight is 372 g/mol. The minimum Gasteiger partial charge on any atom is -0.488 e. The second kappa shape index (κ2) is 9.50. The number of ether oxygens (including phenoxy) is 1. The Bertz CT molecular complexity index is 706. The Morgan fingerprint density at radius 2 is 2.19 bits per heavy atom. The fourth-order valence-electron chi connectivity index (χ4n) is 4.31. The molecular formula is C20H28N4O3. The molecule has 0 unspecified atom stereocenters. The highest BCUT2D eigenvalue weighted by Crippen LogP contribution is 2.40. The molecule has 2 aromatic rings. The van der Waals surface area contributed by atoms with Gasteiger partial charge in [-0.3, -0.25) is 14.7 Å². The Labute approximate surface area is 160 Å². The van der Waals surface area contributed by atoms with E-state index >= 15 is 0 Å². The van der Waals surface area contributed by atoms with Crippen LogP contribution >= 0.6 is 0 Å². The standard InChI is InChI=1S/C19H26N4O.CH2O2/c1-2-9-23-10-8-21-19(23)14-22-12-15-5-6-18(17(15)13-22)24-16-4-3-7-20-11-16;2-1-3/h3-4,7-8,10-11,15,17-18H,2,5-6,9,12-14H2,1H3;1H,(H,2,3)/t15-,17+,18-;/m1./s1. The normalized spacial score (nSPS) is 24.1. The molecule has 0 amide bonds. The number of carboxylic acid groups (broad SMARTS) is 1. The quantitative estimate of drug-likeness (QED) is 0.785. The minimum absolute atomic E-state index is 0.250. The zero-order valence-corrected chi connectivity index (χ0v) is 15.8. The molecule has 3 heterocycles. The lowest BCUT2D eigenvalue weighted by Crippen LogP contribution is -2.28. The number of carbonyl (C=O) groups is 1. The van der Waals surface area contributed by atoms with Gasteiger partial charge in [-0.15, -0.1) is 0 Å². The van der Waals surface area contributed by atoms with Crippen LogP contribution in [0.1, 0.15) is 32.0 Å². The molecule has 0 aromatic carbocycles. The van der Waals surface area contributed by atoms with Crippen LogP contribution < -0.4 is 4.74 Å². The van der Waals surface area contributed by atoms with E-state index in [2.05, 4.69) is 32.6 Å². The van der Waals surface area contributed by atoms with Crippen molar-refractivity contribution >= 4 is 6.47 Å². The number of pyridine rings is 1. The highest BCUT2D eigenvalue weighted by atomic mass is 16.5. The van der Waals surface area contributed by atoms with Gasteiger partial charge in [-0.1, -0.05) is 6.92 Å². The van der Waals surface area contributed by atoms with Gasteiger partial charge < -0.3 is 14.4 Å². The summed E-state index contributed by atoms with van der Waals surface area (Å²) in [6, 6.07) is 3.95. The maximum atomic E-state index is 8.36. The molecule has 1 aliphatic heterocycles. The molecule has 0 spiro atoms. The number of aromatic nitrogens is 3. The molecule has 27 heavy (non-hydrogen) atoms. The van der Waals surface area contributed by atoms with Crippen molar-refractivity contribution in [3.8, 4) is 5.75 Å². The number of hydrogen-bond acceptors (Lipinski definition) is 5. The van der Waals surface area contributed by atoms with Crippen molar-refractivity contribution in [3.63, 3.8) is 0 Å². The number of likely N-dealkylation sites (tertiary alicyclic amines) is 1. The zero-order valence-electron chi connectivity index (χ0n) is 15.8. The highest BCUT2D eigenvalue weighted by molar-refractivity contribution is 5.32. The maximum absolute atomic E-state index is 8.36. The van der Waals surface area contributed by atoms with Crippen LogP contribution in [0.2, 0.25) is 0 Å². The van der Waals surface area contributed by atoms with E-state index in [9.17, 15) is 0 Å². The number of aryl methyl sites for hydroxylation is 1. The van der Waals surface area contributed by atoms with Crippen molar-refractivity contribution < 1.29 is 14.6 Å². The molecule has 2 aliphatic rings. The van der Waals surface area contributed by atoms with Crippen molar-refractivity contribution in [2.45, 2.75) is 45.4 Å². The van der Waals surface area contributed by atoms with E-state index in [1.165, 1.54) is 25.2 Å². The van der Waals surface area contributed by atoms with E-state index in [1.807, 2.05) is 24.5 Å². The van der Waals surface area contributed by atoms with Gasteiger partial charge in [0.1, 0.15) is 17.7 Å². The monoisotopic (exact) mass is 372 g/mol. The van der Waals surface area contributed by atoms with Gasteiger partial charge in [0.05, 0.1) is 12.7 Å². The molecule has 0 radical (unpaired) electrons. The minimum atomic E-state index is -0.250. The van der Waals surface area contributed by atoms with Crippen LogP contribution in [0.15, 0.2) is 36.9 Å². The van der Waals surface area contributed by atoms with Crippen LogP contribution in [0, 0.1) is 11.8 Å². The first kappa shape index (κ1) is 19.4. The Balaban J connectivity index is 0.000000659. The first-order valence-electron chi connectivity index (χ1n) is 9.62. The largest absolute Gasteiger partial charge is 0.488 e. The van der Waals surface area contributed by atoms with Crippen LogP contribution in [0.25, 0.3) is 0 Å². The third kappa shape index (κ3) is 4.86. The summed E-state index contributed by atoms with van der Waals surface area (Å²) in [6.07, 6.45) is 11.6. The van der Waals surface area contributed by atoms with Crippen LogP contribution in [0.5, 0.6) is 5.75 Å². The van der Waals surface area contributed by atoms with Crippen LogP contribution in [0.4, 0.5) is 0 Å². The van der Waals surface area contributed by atoms with Crippen molar-refractivity contribution in [2.75, 3.05) is 13.1 Å². The van der Waals surface area contributed by atoms with Crippen LogP contribution in [-0.4, -0.2) is 50.2 Å². The van der Waals surface area contributed by atoms with E-state index < -0.39 is 0 Å². The molecule has 7 nitrogen and oxygen atoms in total. The molecule has 2 fully saturated rings. The Morgan fingerprint density at radius 3 is 2.93 bits per heavy atom. The summed E-state index contributed by atoms with van der Waals surface area (Å²) in [5, 5.41) is 6.89. The number of rotatable bonds is 6. The summed E-state index contributed by atoms with van der Waals surface area (Å²) in [5.74, 6) is 3.50. The van der Waals surface area contributed by atoms with Gasteiger partial charge in [0, 0.05) is 44.1 Å². The van der Waals surface area contributed by atoms with Gasteiger partial charge in [0.15, 0.2) is 0 Å². The first-order chi connectivity index (χ1) is 13.2. The van der Waals surface area contributed by atoms with Crippen molar-refractivity contribution in [3.05, 3.63) is 42.7 Å². The van der Waals surface area contributed by atoms with E-state index in [1.54, 1.807) is 6.20 Å². The summed E-state index contributed by atoms with van der Waals surface area (Å²) in [4.78, 5) is 19.6. The zero-order chi connectivity index (χ0) is 19.1. The van der Waals surface area contributed by atoms with Crippen molar-refractivity contribution in [1.29, 1.82) is 0 Å². The first-order valence-corrected chi connectivity index (χ1v) is 9.62. The number of hydrogen-bond donors (Lipinski definition) is 1. The molecule has 1 saturated heterocycles. The van der Waals surface area contributed by atoms with Gasteiger partial charge in [-0.25, -0.2) is 4.98 Å². The summed E-state index contributed by atoms with van der Waals surface area (Å²) in [7, 11) is 0. The molecule has 7 heteroatoms. The summed E-state index contributed by atoms with van der Waals surface area (Å²) < 4.78 is 8.51. The molecule has 1 saturated carbocycles. The molecule has 3 atom stereocenters. The lowest BCUT2D eigenvalue weighted by Gasteiger charge is -2.22. The van der Waals surface area contributed by atoms with Gasteiger partial charge in [-0.2, -0.15) is 0 Å². The molecule has 4 rings (SSSR count). The predicted molar refractivity (Wildman–Crippen MR) is 101 cm³/mol. The summed E-state index contributed by atoms with van der Waals surface area (Å²) in [5.41, 5.74) is 0. The van der Waals surface area contributed by atoms with Crippen molar-refractivity contribution in [2.24, 2.45) is 11.8 Å². The van der Waals surface area contributed by atoms with Gasteiger partial charge in [0.2, 0.25) is 0 Å². The lowest BCUT2D eigenvalue weighted by molar-refractivity contribution is -0.122. The van der Waals surface area contributed by atoms with Crippen LogP contribution in [0.3, 0.4) is 0 Å². The Morgan fingerprint density at radius 1 is 1.33 bits per heavy atom. The van der Waals surface area contributed by atoms with Crippen molar-refractivity contribution in [1.82, 2.24) is 19.4 Å². The summed E-state index contributed by atoms with van der Waals surface area (Å²) >= 11 is 0. The maximum Gasteiger partial charge on any atom is 0.290 e.